The Morgan fingerprint density at radius 2 is 2.00 bits per heavy atom. The zero-order valence-corrected chi connectivity index (χ0v) is 13.5. The Bertz CT molecular complexity index is 225. The first-order chi connectivity index (χ1) is 9.04. The minimum atomic E-state index is 0.468. The molecule has 0 aliphatic carbocycles. The third kappa shape index (κ3) is 7.28. The normalized spacial score (nSPS) is 21.2. The van der Waals surface area contributed by atoms with Crippen molar-refractivity contribution < 1.29 is 4.74 Å². The summed E-state index contributed by atoms with van der Waals surface area (Å²) in [5, 5.41) is 3.48. The SMILES string of the molecule is CCCCOCCNCCN1CCC(C(C)(C)C)C1. The molecule has 1 fully saturated rings. The van der Waals surface area contributed by atoms with Crippen LogP contribution in [0, 0.1) is 11.3 Å². The van der Waals surface area contributed by atoms with Crippen LogP contribution >= 0.6 is 0 Å². The highest BCUT2D eigenvalue weighted by molar-refractivity contribution is 4.83. The number of nitrogens with one attached hydrogen (secondary N) is 1. The molecule has 1 aliphatic heterocycles. The lowest BCUT2D eigenvalue weighted by Gasteiger charge is -2.27. The van der Waals surface area contributed by atoms with E-state index in [0.717, 1.165) is 32.2 Å². The van der Waals surface area contributed by atoms with E-state index in [1.54, 1.807) is 0 Å². The minimum Gasteiger partial charge on any atom is -0.380 e. The second kappa shape index (κ2) is 8.93. The number of rotatable bonds is 9. The Morgan fingerprint density at radius 1 is 1.21 bits per heavy atom. The summed E-state index contributed by atoms with van der Waals surface area (Å²) in [5.74, 6) is 0.866. The molecule has 19 heavy (non-hydrogen) atoms. The van der Waals surface area contributed by atoms with Crippen molar-refractivity contribution in [1.82, 2.24) is 10.2 Å². The number of hydrogen-bond acceptors (Lipinski definition) is 3. The lowest BCUT2D eigenvalue weighted by Crippen LogP contribution is -2.33. The summed E-state index contributed by atoms with van der Waals surface area (Å²) in [5.41, 5.74) is 0.468. The van der Waals surface area contributed by atoms with Crippen molar-refractivity contribution in [3.05, 3.63) is 0 Å². The predicted octanol–water partition coefficient (Wildman–Crippen LogP) is 2.76. The van der Waals surface area contributed by atoms with Gasteiger partial charge in [-0.1, -0.05) is 34.1 Å². The molecule has 0 aromatic carbocycles. The van der Waals surface area contributed by atoms with Gasteiger partial charge in [0.1, 0.15) is 0 Å². The standard InChI is InChI=1S/C16H34N2O/c1-5-6-12-19-13-9-17-8-11-18-10-7-15(14-18)16(2,3)4/h15,17H,5-14H2,1-4H3. The van der Waals surface area contributed by atoms with Crippen molar-refractivity contribution in [1.29, 1.82) is 0 Å². The van der Waals surface area contributed by atoms with Gasteiger partial charge in [0, 0.05) is 32.8 Å². The van der Waals surface area contributed by atoms with Gasteiger partial charge < -0.3 is 15.0 Å². The van der Waals surface area contributed by atoms with E-state index in [0.29, 0.717) is 5.41 Å². The highest BCUT2D eigenvalue weighted by Gasteiger charge is 2.31. The molecule has 0 aromatic rings. The van der Waals surface area contributed by atoms with E-state index in [4.69, 9.17) is 4.74 Å². The average molecular weight is 270 g/mol. The van der Waals surface area contributed by atoms with Gasteiger partial charge in [0.2, 0.25) is 0 Å². The highest BCUT2D eigenvalue weighted by Crippen LogP contribution is 2.33. The van der Waals surface area contributed by atoms with Gasteiger partial charge in [-0.3, -0.25) is 0 Å². The molecule has 114 valence electrons. The van der Waals surface area contributed by atoms with Crippen LogP contribution in [0.1, 0.15) is 47.0 Å². The molecule has 0 bridgehead atoms. The molecule has 0 saturated carbocycles. The van der Waals surface area contributed by atoms with Gasteiger partial charge in [-0.15, -0.1) is 0 Å². The molecule has 0 radical (unpaired) electrons. The number of hydrogen-bond donors (Lipinski definition) is 1. The molecule has 0 amide bonds. The minimum absolute atomic E-state index is 0.468. The molecule has 0 spiro atoms. The molecule has 1 heterocycles. The lowest BCUT2D eigenvalue weighted by molar-refractivity contribution is 0.132. The van der Waals surface area contributed by atoms with Gasteiger partial charge in [-0.25, -0.2) is 0 Å². The fraction of sp³-hybridized carbons (Fsp3) is 1.00. The molecule has 1 unspecified atom stereocenters. The summed E-state index contributed by atoms with van der Waals surface area (Å²) >= 11 is 0. The van der Waals surface area contributed by atoms with Crippen molar-refractivity contribution in [3.63, 3.8) is 0 Å². The molecule has 1 saturated heterocycles. The van der Waals surface area contributed by atoms with Gasteiger partial charge in [-0.2, -0.15) is 0 Å². The van der Waals surface area contributed by atoms with Crippen LogP contribution in [0.4, 0.5) is 0 Å². The smallest absolute Gasteiger partial charge is 0.0590 e. The third-order valence-electron chi connectivity index (χ3n) is 4.17. The van der Waals surface area contributed by atoms with Crippen molar-refractivity contribution in [2.45, 2.75) is 47.0 Å². The lowest BCUT2D eigenvalue weighted by atomic mass is 9.80. The van der Waals surface area contributed by atoms with E-state index in [9.17, 15) is 0 Å². The van der Waals surface area contributed by atoms with Gasteiger partial charge in [0.05, 0.1) is 6.61 Å². The van der Waals surface area contributed by atoms with Gasteiger partial charge >= 0.3 is 0 Å². The Labute approximate surface area is 120 Å². The summed E-state index contributed by atoms with van der Waals surface area (Å²) in [6.45, 7) is 16.9. The highest BCUT2D eigenvalue weighted by atomic mass is 16.5. The van der Waals surface area contributed by atoms with Gasteiger partial charge in [0.15, 0.2) is 0 Å². The maximum atomic E-state index is 5.53. The average Bonchev–Trinajstić information content (AvgIpc) is 2.81. The zero-order valence-electron chi connectivity index (χ0n) is 13.5. The Kier molecular flexibility index (Phi) is 7.96. The van der Waals surface area contributed by atoms with Crippen molar-refractivity contribution in [2.75, 3.05) is 45.9 Å². The van der Waals surface area contributed by atoms with Crippen LogP contribution in [0.25, 0.3) is 0 Å². The zero-order chi connectivity index (χ0) is 14.1. The molecular weight excluding hydrogens is 236 g/mol. The Morgan fingerprint density at radius 3 is 2.63 bits per heavy atom. The molecule has 0 aromatic heterocycles. The Balaban J connectivity index is 1.94. The van der Waals surface area contributed by atoms with E-state index < -0.39 is 0 Å². The molecule has 3 heteroatoms. The fourth-order valence-electron chi connectivity index (χ4n) is 2.60. The number of ether oxygens (including phenoxy) is 1. The predicted molar refractivity (Wildman–Crippen MR) is 82.6 cm³/mol. The number of likely N-dealkylation sites (tertiary alicyclic amines) is 1. The Hall–Kier alpha value is -0.120. The van der Waals surface area contributed by atoms with Crippen LogP contribution in [0.15, 0.2) is 0 Å². The molecule has 3 nitrogen and oxygen atoms in total. The molecule has 1 aliphatic rings. The molecule has 1 rings (SSSR count). The van der Waals surface area contributed by atoms with E-state index in [2.05, 4.69) is 37.9 Å². The largest absolute Gasteiger partial charge is 0.380 e. The molecule has 1 N–H and O–H groups in total. The van der Waals surface area contributed by atoms with E-state index in [1.807, 2.05) is 0 Å². The second-order valence-electron chi connectivity index (χ2n) is 6.87. The first-order valence-corrected chi connectivity index (χ1v) is 8.05. The quantitative estimate of drug-likeness (QED) is 0.652. The van der Waals surface area contributed by atoms with Crippen LogP contribution in [0.5, 0.6) is 0 Å². The van der Waals surface area contributed by atoms with Crippen molar-refractivity contribution >= 4 is 0 Å². The monoisotopic (exact) mass is 270 g/mol. The molecule has 1 atom stereocenters. The van der Waals surface area contributed by atoms with E-state index in [1.165, 1.54) is 38.9 Å². The van der Waals surface area contributed by atoms with Crippen LogP contribution < -0.4 is 5.32 Å². The molecular formula is C16H34N2O. The topological polar surface area (TPSA) is 24.5 Å². The van der Waals surface area contributed by atoms with E-state index >= 15 is 0 Å². The van der Waals surface area contributed by atoms with Crippen LogP contribution in [-0.4, -0.2) is 50.8 Å². The first kappa shape index (κ1) is 16.9. The maximum absolute atomic E-state index is 5.53. The van der Waals surface area contributed by atoms with Gasteiger partial charge in [0.25, 0.3) is 0 Å². The summed E-state index contributed by atoms with van der Waals surface area (Å²) in [4.78, 5) is 2.60. The summed E-state index contributed by atoms with van der Waals surface area (Å²) in [6, 6.07) is 0. The van der Waals surface area contributed by atoms with Gasteiger partial charge in [-0.05, 0) is 30.7 Å². The van der Waals surface area contributed by atoms with Crippen LogP contribution in [0.3, 0.4) is 0 Å². The van der Waals surface area contributed by atoms with E-state index in [-0.39, 0.29) is 0 Å². The summed E-state index contributed by atoms with van der Waals surface area (Å²) < 4.78 is 5.53. The van der Waals surface area contributed by atoms with Crippen molar-refractivity contribution in [3.8, 4) is 0 Å². The number of nitrogens with zero attached hydrogens (tertiary/aromatic N) is 1. The van der Waals surface area contributed by atoms with Crippen LogP contribution in [-0.2, 0) is 4.74 Å². The summed E-state index contributed by atoms with van der Waals surface area (Å²) in [6.07, 6.45) is 3.77. The fourth-order valence-corrected chi connectivity index (χ4v) is 2.60. The second-order valence-corrected chi connectivity index (χ2v) is 6.87. The number of unbranched alkanes of at least 4 members (excludes halogenated alkanes) is 1. The van der Waals surface area contributed by atoms with Crippen LogP contribution in [0.2, 0.25) is 0 Å². The third-order valence-corrected chi connectivity index (χ3v) is 4.17. The van der Waals surface area contributed by atoms with Crippen molar-refractivity contribution in [2.24, 2.45) is 11.3 Å². The maximum Gasteiger partial charge on any atom is 0.0590 e. The summed E-state index contributed by atoms with van der Waals surface area (Å²) in [7, 11) is 0. The first-order valence-electron chi connectivity index (χ1n) is 8.05.